The highest BCUT2D eigenvalue weighted by molar-refractivity contribution is 5.83. The van der Waals surface area contributed by atoms with Crippen LogP contribution in [0.25, 0.3) is 5.57 Å². The summed E-state index contributed by atoms with van der Waals surface area (Å²) in [6.07, 6.45) is 3.72. The second-order valence-corrected chi connectivity index (χ2v) is 5.24. The molecule has 0 spiro atoms. The van der Waals surface area contributed by atoms with Crippen LogP contribution < -0.4 is 0 Å². The molecule has 2 atom stereocenters. The van der Waals surface area contributed by atoms with Crippen LogP contribution in [0.5, 0.6) is 0 Å². The van der Waals surface area contributed by atoms with Crippen LogP contribution in [0.1, 0.15) is 44.2 Å². The summed E-state index contributed by atoms with van der Waals surface area (Å²) in [7, 11) is 0. The Kier molecular flexibility index (Phi) is 1.69. The van der Waals surface area contributed by atoms with Crippen molar-refractivity contribution in [1.29, 1.82) is 0 Å². The van der Waals surface area contributed by atoms with Gasteiger partial charge in [0.1, 0.15) is 0 Å². The number of fused-ring (bicyclic) bond motifs is 3. The smallest absolute Gasteiger partial charge is 0.00540 e. The third-order valence-electron chi connectivity index (χ3n) is 4.45. The summed E-state index contributed by atoms with van der Waals surface area (Å²) < 4.78 is 0. The van der Waals surface area contributed by atoms with Gasteiger partial charge in [-0.3, -0.25) is 0 Å². The van der Waals surface area contributed by atoms with E-state index in [0.717, 1.165) is 11.8 Å². The Labute approximate surface area is 92.0 Å². The van der Waals surface area contributed by atoms with Gasteiger partial charge in [-0.25, -0.2) is 0 Å². The topological polar surface area (TPSA) is 0 Å². The fourth-order valence-corrected chi connectivity index (χ4v) is 3.63. The van der Waals surface area contributed by atoms with Crippen molar-refractivity contribution in [2.24, 2.45) is 11.3 Å². The zero-order chi connectivity index (χ0) is 10.6. The molecular formula is C15H18. The normalized spacial score (nSPS) is 34.4. The van der Waals surface area contributed by atoms with E-state index >= 15 is 0 Å². The maximum absolute atomic E-state index is 2.37. The first kappa shape index (κ1) is 9.21. The van der Waals surface area contributed by atoms with Crippen molar-refractivity contribution in [2.45, 2.75) is 33.1 Å². The molecule has 1 aromatic carbocycles. The van der Waals surface area contributed by atoms with Crippen LogP contribution in [0.3, 0.4) is 0 Å². The van der Waals surface area contributed by atoms with E-state index < -0.39 is 0 Å². The minimum Gasteiger partial charge on any atom is -0.0832 e. The molecule has 0 heteroatoms. The molecule has 0 aromatic heterocycles. The van der Waals surface area contributed by atoms with E-state index in [1.165, 1.54) is 12.0 Å². The molecule has 0 amide bonds. The Morgan fingerprint density at radius 2 is 2.07 bits per heavy atom. The molecule has 0 nitrogen and oxygen atoms in total. The highest BCUT2D eigenvalue weighted by Crippen LogP contribution is 2.75. The van der Waals surface area contributed by atoms with Gasteiger partial charge in [-0.2, -0.15) is 0 Å². The third kappa shape index (κ3) is 0.928. The van der Waals surface area contributed by atoms with Gasteiger partial charge in [0.2, 0.25) is 0 Å². The van der Waals surface area contributed by atoms with Crippen molar-refractivity contribution in [2.75, 3.05) is 0 Å². The molecule has 0 bridgehead atoms. The van der Waals surface area contributed by atoms with Gasteiger partial charge in [-0.1, -0.05) is 44.2 Å². The second-order valence-electron chi connectivity index (χ2n) is 5.24. The number of allylic oxidation sites excluding steroid dienone is 2. The average Bonchev–Trinajstić information content (AvgIpc) is 2.91. The lowest BCUT2D eigenvalue weighted by Gasteiger charge is -2.20. The second kappa shape index (κ2) is 2.75. The molecule has 2 aliphatic rings. The first-order valence-corrected chi connectivity index (χ1v) is 5.98. The molecular weight excluding hydrogens is 180 g/mol. The van der Waals surface area contributed by atoms with Gasteiger partial charge in [-0.05, 0) is 41.9 Å². The number of hydrogen-bond acceptors (Lipinski definition) is 0. The van der Waals surface area contributed by atoms with E-state index in [0.29, 0.717) is 5.41 Å². The highest BCUT2D eigenvalue weighted by atomic mass is 14.7. The summed E-state index contributed by atoms with van der Waals surface area (Å²) in [5.41, 5.74) is 5.22. The van der Waals surface area contributed by atoms with Gasteiger partial charge >= 0.3 is 0 Å². The summed E-state index contributed by atoms with van der Waals surface area (Å²) in [4.78, 5) is 0. The Morgan fingerprint density at radius 3 is 2.73 bits per heavy atom. The Bertz CT molecular complexity index is 439. The summed E-state index contributed by atoms with van der Waals surface area (Å²) in [6.45, 7) is 6.93. The molecule has 15 heavy (non-hydrogen) atoms. The van der Waals surface area contributed by atoms with Crippen molar-refractivity contribution < 1.29 is 0 Å². The number of hydrogen-bond donors (Lipinski definition) is 0. The van der Waals surface area contributed by atoms with Gasteiger partial charge in [0.25, 0.3) is 0 Å². The lowest BCUT2D eigenvalue weighted by molar-refractivity contribution is 0.457. The van der Waals surface area contributed by atoms with Crippen LogP contribution in [0.2, 0.25) is 0 Å². The molecule has 1 saturated carbocycles. The quantitative estimate of drug-likeness (QED) is 0.633. The van der Waals surface area contributed by atoms with Gasteiger partial charge in [0, 0.05) is 5.41 Å². The van der Waals surface area contributed by atoms with Gasteiger partial charge in [0.15, 0.2) is 0 Å². The van der Waals surface area contributed by atoms with E-state index in [-0.39, 0.29) is 0 Å². The van der Waals surface area contributed by atoms with Crippen molar-refractivity contribution in [3.05, 3.63) is 41.5 Å². The van der Waals surface area contributed by atoms with Crippen molar-refractivity contribution in [1.82, 2.24) is 0 Å². The molecule has 0 heterocycles. The number of rotatable bonds is 1. The molecule has 2 aliphatic carbocycles. The first-order valence-electron chi connectivity index (χ1n) is 5.98. The van der Waals surface area contributed by atoms with E-state index in [4.69, 9.17) is 0 Å². The van der Waals surface area contributed by atoms with Crippen LogP contribution in [-0.2, 0) is 0 Å². The summed E-state index contributed by atoms with van der Waals surface area (Å²) in [5.74, 6) is 1.58. The van der Waals surface area contributed by atoms with E-state index in [2.05, 4.69) is 51.1 Å². The largest absolute Gasteiger partial charge is 0.0832 e. The average molecular weight is 198 g/mol. The maximum Gasteiger partial charge on any atom is 0.00540 e. The van der Waals surface area contributed by atoms with Crippen LogP contribution in [0.15, 0.2) is 30.3 Å². The van der Waals surface area contributed by atoms with Gasteiger partial charge in [0.05, 0.1) is 0 Å². The van der Waals surface area contributed by atoms with Crippen LogP contribution in [-0.4, -0.2) is 0 Å². The molecule has 0 saturated heterocycles. The first-order chi connectivity index (χ1) is 7.21. The van der Waals surface area contributed by atoms with Crippen LogP contribution in [0.4, 0.5) is 0 Å². The summed E-state index contributed by atoms with van der Waals surface area (Å²) in [6, 6.07) is 8.96. The molecule has 0 aliphatic heterocycles. The van der Waals surface area contributed by atoms with Crippen molar-refractivity contribution in [3.8, 4) is 0 Å². The lowest BCUT2D eigenvalue weighted by atomic mass is 9.84. The SMILES string of the molecule is C/C=C1\c2ccccc2C2CC12C(C)C. The predicted octanol–water partition coefficient (Wildman–Crippen LogP) is 4.23. The lowest BCUT2D eigenvalue weighted by Crippen LogP contribution is -2.09. The Balaban J connectivity index is 2.19. The Hall–Kier alpha value is -1.04. The molecule has 0 N–H and O–H groups in total. The molecule has 1 aromatic rings. The van der Waals surface area contributed by atoms with Gasteiger partial charge in [-0.15, -0.1) is 0 Å². The molecule has 1 fully saturated rings. The fraction of sp³-hybridized carbons (Fsp3) is 0.467. The van der Waals surface area contributed by atoms with Crippen LogP contribution >= 0.6 is 0 Å². The maximum atomic E-state index is 2.37. The van der Waals surface area contributed by atoms with E-state index in [1.807, 2.05) is 0 Å². The van der Waals surface area contributed by atoms with E-state index in [1.54, 1.807) is 11.1 Å². The molecule has 3 rings (SSSR count). The Morgan fingerprint density at radius 1 is 1.33 bits per heavy atom. The molecule has 0 radical (unpaired) electrons. The predicted molar refractivity (Wildman–Crippen MR) is 64.7 cm³/mol. The molecule has 78 valence electrons. The van der Waals surface area contributed by atoms with Crippen LogP contribution in [0, 0.1) is 11.3 Å². The third-order valence-corrected chi connectivity index (χ3v) is 4.45. The fourth-order valence-electron chi connectivity index (χ4n) is 3.63. The van der Waals surface area contributed by atoms with Crippen molar-refractivity contribution >= 4 is 5.57 Å². The molecule has 2 unspecified atom stereocenters. The zero-order valence-electron chi connectivity index (χ0n) is 9.75. The standard InChI is InChI=1S/C15H18/c1-4-13-11-7-5-6-8-12(11)14-9-15(13,14)10(2)3/h4-8,10,14H,9H2,1-3H3/b13-4+. The van der Waals surface area contributed by atoms with E-state index in [9.17, 15) is 0 Å². The zero-order valence-corrected chi connectivity index (χ0v) is 9.75. The van der Waals surface area contributed by atoms with Gasteiger partial charge < -0.3 is 0 Å². The monoisotopic (exact) mass is 198 g/mol. The highest BCUT2D eigenvalue weighted by Gasteiger charge is 2.63. The summed E-state index contributed by atoms with van der Waals surface area (Å²) >= 11 is 0. The summed E-state index contributed by atoms with van der Waals surface area (Å²) in [5, 5.41) is 0. The number of benzene rings is 1. The minimum absolute atomic E-state index is 0.498. The van der Waals surface area contributed by atoms with Crippen molar-refractivity contribution in [3.63, 3.8) is 0 Å². The minimum atomic E-state index is 0.498.